The smallest absolute Gasteiger partial charge is 0.793 e. The van der Waals surface area contributed by atoms with Crippen molar-refractivity contribution in [3.8, 4) is 0 Å². The predicted octanol–water partition coefficient (Wildman–Crippen LogP) is 15.7. The van der Waals surface area contributed by atoms with Gasteiger partial charge in [0.05, 0.1) is 0 Å². The van der Waals surface area contributed by atoms with Crippen molar-refractivity contribution < 1.29 is 0 Å². The Hall–Kier alpha value is 1.50. The van der Waals surface area contributed by atoms with Crippen LogP contribution in [0.25, 0.3) is 0 Å². The van der Waals surface area contributed by atoms with Crippen molar-refractivity contribution in [2.45, 2.75) is 247 Å². The van der Waals surface area contributed by atoms with Crippen molar-refractivity contribution in [3.05, 3.63) is 12.8 Å². The molecule has 45 heavy (non-hydrogen) atoms. The molecular formula is C42H88S2Sn. The van der Waals surface area contributed by atoms with Gasteiger partial charge in [-0.25, -0.2) is 0 Å². The molecule has 0 atom stereocenters. The van der Waals surface area contributed by atoms with E-state index in [0.717, 1.165) is 11.5 Å². The van der Waals surface area contributed by atoms with E-state index < -0.39 is 0 Å². The summed E-state index contributed by atoms with van der Waals surface area (Å²) in [5.74, 6) is 1.91. The average molecular weight is 776 g/mol. The maximum Gasteiger partial charge on any atom is 2.00 e. The van der Waals surface area contributed by atoms with Crippen molar-refractivity contribution in [2.24, 2.45) is 0 Å². The van der Waals surface area contributed by atoms with Crippen LogP contribution in [0.1, 0.15) is 247 Å². The van der Waals surface area contributed by atoms with Gasteiger partial charge in [0.1, 0.15) is 0 Å². The number of hydrogen-bond acceptors (Lipinski definition) is 2. The fourth-order valence-corrected chi connectivity index (χ4v) is 5.36. The van der Waals surface area contributed by atoms with Gasteiger partial charge in [-0.2, -0.15) is 11.5 Å². The van der Waals surface area contributed by atoms with Crippen LogP contribution in [0.3, 0.4) is 0 Å². The van der Waals surface area contributed by atoms with Gasteiger partial charge in [0.15, 0.2) is 0 Å². The Morgan fingerprint density at radius 3 is 0.533 bits per heavy atom. The first-order valence-corrected chi connectivity index (χ1v) is 21.5. The normalized spacial score (nSPS) is 10.1. The fraction of sp³-hybridized carbons (Fsp3) is 0.952. The van der Waals surface area contributed by atoms with Gasteiger partial charge in [0.25, 0.3) is 0 Å². The SMILES string of the molecule is CCCCCCCCCCCCCCCCC[S-].CCCCCCCCCCCCCCCCC[S-].C[CH]CC.C[CH]CC.[Sn+2]. The van der Waals surface area contributed by atoms with Crippen molar-refractivity contribution in [2.75, 3.05) is 11.5 Å². The van der Waals surface area contributed by atoms with E-state index in [1.807, 2.05) is 0 Å². The second-order valence-electron chi connectivity index (χ2n) is 12.9. The monoisotopic (exact) mass is 777 g/mol. The first kappa shape index (κ1) is 55.9. The van der Waals surface area contributed by atoms with Crippen LogP contribution in [0.2, 0.25) is 0 Å². The van der Waals surface area contributed by atoms with Crippen LogP contribution in [-0.4, -0.2) is 35.4 Å². The number of hydrogen-bond donors (Lipinski definition) is 0. The third-order valence-corrected chi connectivity index (χ3v) is 8.89. The quantitative estimate of drug-likeness (QED) is 0.0379. The molecular weight excluding hydrogens is 687 g/mol. The molecule has 0 nitrogen and oxygen atoms in total. The van der Waals surface area contributed by atoms with Gasteiger partial charge in [0.2, 0.25) is 0 Å². The Balaban J connectivity index is -0.000000187. The van der Waals surface area contributed by atoms with E-state index in [2.05, 4.69) is 54.4 Å². The van der Waals surface area contributed by atoms with E-state index in [4.69, 9.17) is 25.3 Å². The Morgan fingerprint density at radius 1 is 0.289 bits per heavy atom. The molecule has 0 aromatic heterocycles. The van der Waals surface area contributed by atoms with Crippen LogP contribution < -0.4 is 0 Å². The van der Waals surface area contributed by atoms with Crippen LogP contribution in [0.4, 0.5) is 0 Å². The van der Waals surface area contributed by atoms with Crippen LogP contribution in [0, 0.1) is 12.8 Å². The molecule has 0 saturated carbocycles. The second kappa shape index (κ2) is 64.1. The Kier molecular flexibility index (Phi) is 79.6. The molecule has 0 fully saturated rings. The summed E-state index contributed by atoms with van der Waals surface area (Å²) in [5, 5.41) is 0. The van der Waals surface area contributed by atoms with Crippen molar-refractivity contribution in [1.82, 2.24) is 0 Å². The van der Waals surface area contributed by atoms with Crippen molar-refractivity contribution >= 4 is 49.2 Å². The molecule has 0 bridgehead atoms. The summed E-state index contributed by atoms with van der Waals surface area (Å²) in [6.45, 7) is 12.9. The number of unbranched alkanes of at least 4 members (excludes halogenated alkanes) is 30. The fourth-order valence-electron chi connectivity index (χ4n) is 4.95. The maximum absolute atomic E-state index is 4.95. The standard InChI is InChI=1S/2C17H36S.2C4H9.Sn/c2*1-2-3-4-5-6-7-8-9-10-11-12-13-14-15-16-17-18;2*1-3-4-2;/h2*18H,2-17H2,1H3;2*3H,4H2,1-2H3;/q;;;;+2/p-2. The minimum atomic E-state index is 0. The second-order valence-corrected chi connectivity index (χ2v) is 13.8. The van der Waals surface area contributed by atoms with E-state index >= 15 is 0 Å². The molecule has 0 aromatic rings. The summed E-state index contributed by atoms with van der Waals surface area (Å²) in [6.07, 6.45) is 49.6. The molecule has 0 aliphatic rings. The molecule has 0 aliphatic carbocycles. The van der Waals surface area contributed by atoms with Gasteiger partial charge < -0.3 is 25.3 Å². The third kappa shape index (κ3) is 76.7. The molecule has 3 heteroatoms. The molecule has 0 aliphatic heterocycles. The topological polar surface area (TPSA) is 0 Å². The minimum Gasteiger partial charge on any atom is -0.793 e. The molecule has 0 rings (SSSR count). The van der Waals surface area contributed by atoms with Gasteiger partial charge in [-0.05, 0) is 12.8 Å². The maximum atomic E-state index is 4.95. The van der Waals surface area contributed by atoms with E-state index in [1.165, 1.54) is 205 Å². The zero-order valence-corrected chi connectivity index (χ0v) is 37.0. The summed E-state index contributed by atoms with van der Waals surface area (Å²) in [5.41, 5.74) is 0. The Labute approximate surface area is 318 Å². The van der Waals surface area contributed by atoms with Crippen LogP contribution in [0.15, 0.2) is 0 Å². The Morgan fingerprint density at radius 2 is 0.422 bits per heavy atom. The molecule has 0 saturated heterocycles. The summed E-state index contributed by atoms with van der Waals surface area (Å²) in [6, 6.07) is 0. The number of rotatable bonds is 32. The minimum absolute atomic E-state index is 0. The zero-order chi connectivity index (χ0) is 33.5. The third-order valence-electron chi connectivity index (χ3n) is 8.31. The van der Waals surface area contributed by atoms with Gasteiger partial charge in [-0.15, -0.1) is 0 Å². The summed E-state index contributed by atoms with van der Waals surface area (Å²) in [7, 11) is 0. The van der Waals surface area contributed by atoms with Crippen molar-refractivity contribution in [3.63, 3.8) is 0 Å². The first-order chi connectivity index (χ1) is 21.7. The molecule has 4 radical (unpaired) electrons. The van der Waals surface area contributed by atoms with E-state index in [0.29, 0.717) is 0 Å². The average Bonchev–Trinajstić information content (AvgIpc) is 3.05. The summed E-state index contributed by atoms with van der Waals surface area (Å²) >= 11 is 9.89. The zero-order valence-electron chi connectivity index (χ0n) is 32.5. The Bertz CT molecular complexity index is 319. The van der Waals surface area contributed by atoms with E-state index in [1.54, 1.807) is 0 Å². The van der Waals surface area contributed by atoms with Crippen molar-refractivity contribution in [1.29, 1.82) is 0 Å². The van der Waals surface area contributed by atoms with E-state index in [9.17, 15) is 0 Å². The molecule has 0 heterocycles. The molecule has 0 N–H and O–H groups in total. The molecule has 0 spiro atoms. The summed E-state index contributed by atoms with van der Waals surface area (Å²) in [4.78, 5) is 0. The molecule has 0 amide bonds. The largest absolute Gasteiger partial charge is 2.00 e. The van der Waals surface area contributed by atoms with E-state index in [-0.39, 0.29) is 23.9 Å². The molecule has 272 valence electrons. The molecule has 0 unspecified atom stereocenters. The predicted molar refractivity (Wildman–Crippen MR) is 221 cm³/mol. The van der Waals surface area contributed by atoms with Gasteiger partial charge >= 0.3 is 23.9 Å². The first-order valence-electron chi connectivity index (χ1n) is 20.4. The van der Waals surface area contributed by atoms with Gasteiger partial charge in [0, 0.05) is 0 Å². The van der Waals surface area contributed by atoms with Crippen LogP contribution in [0.5, 0.6) is 0 Å². The molecule has 0 aromatic carbocycles. The summed E-state index contributed by atoms with van der Waals surface area (Å²) < 4.78 is 0. The van der Waals surface area contributed by atoms with Gasteiger partial charge in [-0.3, -0.25) is 0 Å². The van der Waals surface area contributed by atoms with Gasteiger partial charge in [-0.1, -0.05) is 247 Å². The van der Waals surface area contributed by atoms with Crippen LogP contribution >= 0.6 is 0 Å². The van der Waals surface area contributed by atoms with Crippen LogP contribution in [-0.2, 0) is 25.3 Å².